The first-order valence-electron chi connectivity index (χ1n) is 5.49. The molecule has 0 aliphatic heterocycles. The van der Waals surface area contributed by atoms with Crippen LogP contribution in [0.1, 0.15) is 26.1 Å². The lowest BCUT2D eigenvalue weighted by atomic mass is 10.4. The van der Waals surface area contributed by atoms with Gasteiger partial charge in [0.05, 0.1) is 6.20 Å². The van der Waals surface area contributed by atoms with Crippen molar-refractivity contribution < 1.29 is 8.42 Å². The zero-order valence-electron chi connectivity index (χ0n) is 10.3. The van der Waals surface area contributed by atoms with Crippen LogP contribution in [0.5, 0.6) is 0 Å². The fourth-order valence-electron chi connectivity index (χ4n) is 1.53. The standard InChI is InChI=1S/C10H18BrN3O2S/c1-8(2)14(6-4-5-11)17(15,16)10-7-12-9(3)13-10/h7-8H,4-6H2,1-3H3,(H,12,13). The number of nitrogens with one attached hydrogen (secondary N) is 1. The van der Waals surface area contributed by atoms with Gasteiger partial charge in [0.15, 0.2) is 5.03 Å². The molecule has 1 N–H and O–H groups in total. The summed E-state index contributed by atoms with van der Waals surface area (Å²) in [6.45, 7) is 5.98. The van der Waals surface area contributed by atoms with Crippen LogP contribution in [0.4, 0.5) is 0 Å². The predicted molar refractivity (Wildman–Crippen MR) is 70.8 cm³/mol. The second-order valence-corrected chi connectivity index (χ2v) is 6.74. The van der Waals surface area contributed by atoms with Crippen molar-refractivity contribution in [2.75, 3.05) is 11.9 Å². The van der Waals surface area contributed by atoms with Crippen molar-refractivity contribution >= 4 is 26.0 Å². The highest BCUT2D eigenvalue weighted by atomic mass is 79.9. The molecule has 1 aromatic rings. The monoisotopic (exact) mass is 323 g/mol. The summed E-state index contributed by atoms with van der Waals surface area (Å²) in [7, 11) is -3.46. The molecule has 0 aliphatic carbocycles. The summed E-state index contributed by atoms with van der Waals surface area (Å²) in [6, 6.07) is -0.0670. The molecule has 0 aliphatic rings. The third-order valence-electron chi connectivity index (χ3n) is 2.35. The molecule has 0 radical (unpaired) electrons. The second kappa shape index (κ2) is 5.97. The minimum absolute atomic E-state index is 0.0670. The van der Waals surface area contributed by atoms with E-state index in [0.717, 1.165) is 11.8 Å². The van der Waals surface area contributed by atoms with E-state index in [9.17, 15) is 8.42 Å². The molecule has 0 saturated carbocycles. The number of halogens is 1. The van der Waals surface area contributed by atoms with Crippen molar-refractivity contribution in [2.24, 2.45) is 0 Å². The zero-order valence-corrected chi connectivity index (χ0v) is 12.7. The van der Waals surface area contributed by atoms with Gasteiger partial charge in [-0.15, -0.1) is 0 Å². The summed E-state index contributed by atoms with van der Waals surface area (Å²) in [5.74, 6) is 0.604. The highest BCUT2D eigenvalue weighted by Gasteiger charge is 2.27. The van der Waals surface area contributed by atoms with E-state index in [-0.39, 0.29) is 11.1 Å². The Morgan fingerprint density at radius 2 is 2.18 bits per heavy atom. The summed E-state index contributed by atoms with van der Waals surface area (Å²) >= 11 is 3.31. The van der Waals surface area contributed by atoms with Crippen molar-refractivity contribution in [3.8, 4) is 0 Å². The van der Waals surface area contributed by atoms with Crippen molar-refractivity contribution in [2.45, 2.75) is 38.3 Å². The molecule has 0 fully saturated rings. The quantitative estimate of drug-likeness (QED) is 0.813. The number of H-pyrrole nitrogens is 1. The van der Waals surface area contributed by atoms with Crippen LogP contribution in [0.2, 0.25) is 0 Å². The van der Waals surface area contributed by atoms with Crippen molar-refractivity contribution in [3.63, 3.8) is 0 Å². The number of alkyl halides is 1. The Labute approximate surface area is 111 Å². The van der Waals surface area contributed by atoms with Gasteiger partial charge < -0.3 is 4.98 Å². The molecule has 98 valence electrons. The molecule has 0 saturated heterocycles. The van der Waals surface area contributed by atoms with Crippen molar-refractivity contribution in [3.05, 3.63) is 12.0 Å². The predicted octanol–water partition coefficient (Wildman–Crippen LogP) is 1.90. The van der Waals surface area contributed by atoms with Gasteiger partial charge in [-0.05, 0) is 27.2 Å². The summed E-state index contributed by atoms with van der Waals surface area (Å²) in [4.78, 5) is 6.71. The van der Waals surface area contributed by atoms with Crippen LogP contribution in [0.25, 0.3) is 0 Å². The molecule has 0 spiro atoms. The van der Waals surface area contributed by atoms with Crippen LogP contribution in [-0.4, -0.2) is 40.6 Å². The minimum atomic E-state index is -3.46. The van der Waals surface area contributed by atoms with Crippen LogP contribution in [-0.2, 0) is 10.0 Å². The van der Waals surface area contributed by atoms with E-state index in [0.29, 0.717) is 12.4 Å². The van der Waals surface area contributed by atoms with E-state index in [1.807, 2.05) is 13.8 Å². The van der Waals surface area contributed by atoms with Crippen LogP contribution in [0.3, 0.4) is 0 Å². The van der Waals surface area contributed by atoms with E-state index in [1.54, 1.807) is 6.92 Å². The Balaban J connectivity index is 3.00. The lowest BCUT2D eigenvalue weighted by Gasteiger charge is -2.24. The van der Waals surface area contributed by atoms with Gasteiger partial charge in [-0.25, -0.2) is 13.4 Å². The maximum atomic E-state index is 12.3. The van der Waals surface area contributed by atoms with Gasteiger partial charge in [0.2, 0.25) is 0 Å². The van der Waals surface area contributed by atoms with Crippen molar-refractivity contribution in [1.29, 1.82) is 0 Å². The Morgan fingerprint density at radius 1 is 1.53 bits per heavy atom. The van der Waals surface area contributed by atoms with Gasteiger partial charge >= 0.3 is 0 Å². The first-order chi connectivity index (χ1) is 7.89. The number of hydrogen-bond donors (Lipinski definition) is 1. The highest BCUT2D eigenvalue weighted by molar-refractivity contribution is 9.09. The number of aromatic nitrogens is 2. The zero-order chi connectivity index (χ0) is 13.1. The third kappa shape index (κ3) is 3.53. The second-order valence-electron chi connectivity index (χ2n) is 4.08. The number of imidazole rings is 1. The number of aromatic amines is 1. The molecule has 1 aromatic heterocycles. The molecular formula is C10H18BrN3O2S. The van der Waals surface area contributed by atoms with E-state index < -0.39 is 10.0 Å². The largest absolute Gasteiger partial charge is 0.332 e. The Bertz CT molecular complexity index is 456. The van der Waals surface area contributed by atoms with Crippen LogP contribution in [0, 0.1) is 6.92 Å². The molecular weight excluding hydrogens is 306 g/mol. The van der Waals surface area contributed by atoms with Crippen LogP contribution >= 0.6 is 15.9 Å². The fourth-order valence-corrected chi connectivity index (χ4v) is 3.42. The smallest absolute Gasteiger partial charge is 0.260 e. The lowest BCUT2D eigenvalue weighted by Crippen LogP contribution is -2.38. The molecule has 0 atom stereocenters. The SMILES string of the molecule is Cc1ncc(S(=O)(=O)N(CCCBr)C(C)C)[nH]1. The molecule has 1 rings (SSSR count). The average Bonchev–Trinajstić information content (AvgIpc) is 2.65. The first-order valence-corrected chi connectivity index (χ1v) is 8.05. The van der Waals surface area contributed by atoms with Gasteiger partial charge in [-0.3, -0.25) is 0 Å². The fraction of sp³-hybridized carbons (Fsp3) is 0.700. The maximum Gasteiger partial charge on any atom is 0.260 e. The van der Waals surface area contributed by atoms with E-state index in [2.05, 4.69) is 25.9 Å². The normalized spacial score (nSPS) is 12.6. The van der Waals surface area contributed by atoms with Crippen LogP contribution < -0.4 is 0 Å². The number of hydrogen-bond acceptors (Lipinski definition) is 3. The van der Waals surface area contributed by atoms with Gasteiger partial charge in [0, 0.05) is 17.9 Å². The average molecular weight is 324 g/mol. The molecule has 1 heterocycles. The number of rotatable bonds is 6. The number of aryl methyl sites for hydroxylation is 1. The Hall–Kier alpha value is -0.400. The molecule has 7 heteroatoms. The van der Waals surface area contributed by atoms with Gasteiger partial charge in [-0.1, -0.05) is 15.9 Å². The molecule has 0 bridgehead atoms. The van der Waals surface area contributed by atoms with Crippen molar-refractivity contribution in [1.82, 2.24) is 14.3 Å². The summed E-state index contributed by atoms with van der Waals surface area (Å²) in [5.41, 5.74) is 0. The molecule has 0 unspecified atom stereocenters. The summed E-state index contributed by atoms with van der Waals surface area (Å²) in [5, 5.41) is 0.951. The van der Waals surface area contributed by atoms with Crippen LogP contribution in [0.15, 0.2) is 11.2 Å². The number of nitrogens with zero attached hydrogens (tertiary/aromatic N) is 2. The molecule has 17 heavy (non-hydrogen) atoms. The minimum Gasteiger partial charge on any atom is -0.332 e. The molecule has 0 amide bonds. The Kier molecular flexibility index (Phi) is 5.15. The van der Waals surface area contributed by atoms with Gasteiger partial charge in [0.25, 0.3) is 10.0 Å². The topological polar surface area (TPSA) is 66.1 Å². The van der Waals surface area contributed by atoms with Gasteiger partial charge in [0.1, 0.15) is 5.82 Å². The first kappa shape index (κ1) is 14.7. The summed E-state index contributed by atoms with van der Waals surface area (Å²) < 4.78 is 26.2. The third-order valence-corrected chi connectivity index (χ3v) is 4.90. The lowest BCUT2D eigenvalue weighted by molar-refractivity contribution is 0.354. The molecule has 0 aromatic carbocycles. The van der Waals surface area contributed by atoms with E-state index in [4.69, 9.17) is 0 Å². The highest BCUT2D eigenvalue weighted by Crippen LogP contribution is 2.17. The Morgan fingerprint density at radius 3 is 2.59 bits per heavy atom. The van der Waals surface area contributed by atoms with E-state index in [1.165, 1.54) is 10.5 Å². The van der Waals surface area contributed by atoms with E-state index >= 15 is 0 Å². The van der Waals surface area contributed by atoms with Gasteiger partial charge in [-0.2, -0.15) is 4.31 Å². The summed E-state index contributed by atoms with van der Waals surface area (Å²) in [6.07, 6.45) is 2.15. The molecule has 5 nitrogen and oxygen atoms in total. The maximum absolute atomic E-state index is 12.3. The number of sulfonamides is 1.